The third-order valence-corrected chi connectivity index (χ3v) is 3.63. The van der Waals surface area contributed by atoms with E-state index < -0.39 is 5.97 Å². The second-order valence-electron chi connectivity index (χ2n) is 3.69. The van der Waals surface area contributed by atoms with Gasteiger partial charge in [-0.05, 0) is 30.1 Å². The number of aromatic carboxylic acids is 1. The number of hydrogen-bond acceptors (Lipinski definition) is 4. The Kier molecular flexibility index (Phi) is 6.87. The summed E-state index contributed by atoms with van der Waals surface area (Å²) >= 11 is 7.87. The van der Waals surface area contributed by atoms with Gasteiger partial charge in [-0.3, -0.25) is 0 Å². The van der Waals surface area contributed by atoms with E-state index in [1.165, 1.54) is 19.2 Å². The first-order valence-corrected chi connectivity index (χ1v) is 7.44. The molecule has 4 nitrogen and oxygen atoms in total. The fourth-order valence-electron chi connectivity index (χ4n) is 1.46. The number of methoxy groups -OCH3 is 1. The van der Waals surface area contributed by atoms with Crippen molar-refractivity contribution in [3.63, 3.8) is 0 Å². The Bertz CT molecular complexity index is 437. The Labute approximate surface area is 122 Å². The van der Waals surface area contributed by atoms with Gasteiger partial charge in [0, 0.05) is 0 Å². The summed E-state index contributed by atoms with van der Waals surface area (Å²) in [5.74, 6) is 1.79. The van der Waals surface area contributed by atoms with Gasteiger partial charge < -0.3 is 14.6 Å². The first kappa shape index (κ1) is 16.0. The number of carbonyl (C=O) groups is 1. The highest BCUT2D eigenvalue weighted by Crippen LogP contribution is 2.36. The summed E-state index contributed by atoms with van der Waals surface area (Å²) in [4.78, 5) is 10.9. The van der Waals surface area contributed by atoms with E-state index >= 15 is 0 Å². The highest BCUT2D eigenvalue weighted by molar-refractivity contribution is 7.99. The topological polar surface area (TPSA) is 55.8 Å². The molecule has 0 aliphatic heterocycles. The van der Waals surface area contributed by atoms with E-state index in [0.29, 0.717) is 18.1 Å². The summed E-state index contributed by atoms with van der Waals surface area (Å²) < 4.78 is 10.7. The minimum atomic E-state index is -1.05. The van der Waals surface area contributed by atoms with Gasteiger partial charge in [0.15, 0.2) is 11.5 Å². The molecule has 0 spiro atoms. The second-order valence-corrected chi connectivity index (χ2v) is 5.49. The first-order chi connectivity index (χ1) is 9.10. The largest absolute Gasteiger partial charge is 0.493 e. The minimum absolute atomic E-state index is 0.0794. The van der Waals surface area contributed by atoms with Crippen LogP contribution in [0.15, 0.2) is 12.1 Å². The Morgan fingerprint density at radius 1 is 1.47 bits per heavy atom. The van der Waals surface area contributed by atoms with E-state index in [2.05, 4.69) is 6.92 Å². The molecule has 19 heavy (non-hydrogen) atoms. The van der Waals surface area contributed by atoms with Crippen molar-refractivity contribution in [1.82, 2.24) is 0 Å². The summed E-state index contributed by atoms with van der Waals surface area (Å²) in [7, 11) is 1.46. The highest BCUT2D eigenvalue weighted by atomic mass is 35.5. The van der Waals surface area contributed by atoms with Crippen LogP contribution >= 0.6 is 23.4 Å². The molecule has 0 atom stereocenters. The maximum absolute atomic E-state index is 10.9. The van der Waals surface area contributed by atoms with Crippen LogP contribution in [0.5, 0.6) is 11.5 Å². The third kappa shape index (κ3) is 4.84. The van der Waals surface area contributed by atoms with Gasteiger partial charge in [0.2, 0.25) is 0 Å². The second kappa shape index (κ2) is 8.17. The lowest BCUT2D eigenvalue weighted by Gasteiger charge is -2.13. The number of rotatable bonds is 8. The molecule has 6 heteroatoms. The number of carboxylic acid groups (broad SMARTS) is 1. The van der Waals surface area contributed by atoms with E-state index in [1.807, 2.05) is 11.8 Å². The molecule has 0 saturated heterocycles. The molecule has 1 aromatic rings. The van der Waals surface area contributed by atoms with E-state index in [-0.39, 0.29) is 10.6 Å². The van der Waals surface area contributed by atoms with Crippen LogP contribution in [-0.2, 0) is 0 Å². The molecule has 106 valence electrons. The zero-order valence-electron chi connectivity index (χ0n) is 10.9. The van der Waals surface area contributed by atoms with Crippen molar-refractivity contribution in [2.45, 2.75) is 13.3 Å². The van der Waals surface area contributed by atoms with Gasteiger partial charge in [-0.2, -0.15) is 11.8 Å². The molecule has 0 unspecified atom stereocenters. The summed E-state index contributed by atoms with van der Waals surface area (Å²) in [6.45, 7) is 2.63. The van der Waals surface area contributed by atoms with Crippen molar-refractivity contribution < 1.29 is 19.4 Å². The van der Waals surface area contributed by atoms with Gasteiger partial charge in [0.25, 0.3) is 0 Å². The van der Waals surface area contributed by atoms with Gasteiger partial charge in [-0.1, -0.05) is 18.5 Å². The maximum atomic E-state index is 10.9. The molecular weight excluding hydrogens is 288 g/mol. The van der Waals surface area contributed by atoms with Crippen molar-refractivity contribution >= 4 is 29.3 Å². The monoisotopic (exact) mass is 304 g/mol. The molecular formula is C13H17ClO4S. The smallest absolute Gasteiger partial charge is 0.335 e. The lowest BCUT2D eigenvalue weighted by molar-refractivity contribution is 0.0696. The van der Waals surface area contributed by atoms with Crippen LogP contribution in [0.3, 0.4) is 0 Å². The van der Waals surface area contributed by atoms with Gasteiger partial charge >= 0.3 is 5.97 Å². The Morgan fingerprint density at radius 3 is 2.79 bits per heavy atom. The molecule has 0 heterocycles. The van der Waals surface area contributed by atoms with Gasteiger partial charge in [0.1, 0.15) is 0 Å². The van der Waals surface area contributed by atoms with Crippen LogP contribution in [0.1, 0.15) is 23.7 Å². The first-order valence-electron chi connectivity index (χ1n) is 5.91. The SMILES string of the molecule is CCSCCCOc1c(Cl)cc(C(=O)O)cc1OC. The molecule has 1 aromatic carbocycles. The lowest BCUT2D eigenvalue weighted by atomic mass is 10.2. The molecule has 0 amide bonds. The minimum Gasteiger partial charge on any atom is -0.493 e. The van der Waals surface area contributed by atoms with Crippen LogP contribution in [-0.4, -0.2) is 36.3 Å². The fourth-order valence-corrected chi connectivity index (χ4v) is 2.34. The molecule has 1 N–H and O–H groups in total. The number of benzene rings is 1. The summed E-state index contributed by atoms with van der Waals surface area (Å²) in [5.41, 5.74) is 0.0794. The Balaban J connectivity index is 2.74. The standard InChI is InChI=1S/C13H17ClO4S/c1-3-19-6-4-5-18-12-10(14)7-9(13(15)16)8-11(12)17-2/h7-8H,3-6H2,1-2H3,(H,15,16). The third-order valence-electron chi connectivity index (χ3n) is 2.36. The normalized spacial score (nSPS) is 10.3. The van der Waals surface area contributed by atoms with Crippen molar-refractivity contribution in [2.24, 2.45) is 0 Å². The molecule has 0 fully saturated rings. The highest BCUT2D eigenvalue weighted by Gasteiger charge is 2.15. The summed E-state index contributed by atoms with van der Waals surface area (Å²) in [5, 5.41) is 9.19. The predicted octanol–water partition coefficient (Wildman–Crippen LogP) is 3.57. The maximum Gasteiger partial charge on any atom is 0.335 e. The number of thioether (sulfide) groups is 1. The van der Waals surface area contributed by atoms with E-state index in [9.17, 15) is 4.79 Å². The van der Waals surface area contributed by atoms with E-state index in [1.54, 1.807) is 0 Å². The zero-order chi connectivity index (χ0) is 14.3. The van der Waals surface area contributed by atoms with Crippen molar-refractivity contribution in [3.05, 3.63) is 22.7 Å². The van der Waals surface area contributed by atoms with E-state index in [4.69, 9.17) is 26.2 Å². The molecule has 1 rings (SSSR count). The van der Waals surface area contributed by atoms with Crippen LogP contribution in [0.2, 0.25) is 5.02 Å². The lowest BCUT2D eigenvalue weighted by Crippen LogP contribution is -2.03. The number of hydrogen-bond donors (Lipinski definition) is 1. The number of carboxylic acids is 1. The summed E-state index contributed by atoms with van der Waals surface area (Å²) in [6.07, 6.45) is 0.901. The van der Waals surface area contributed by atoms with Crippen LogP contribution in [0.25, 0.3) is 0 Å². The average molecular weight is 305 g/mol. The molecule has 0 saturated carbocycles. The summed E-state index contributed by atoms with van der Waals surface area (Å²) in [6, 6.07) is 2.77. The number of ether oxygens (including phenoxy) is 2. The molecule has 0 aliphatic rings. The zero-order valence-corrected chi connectivity index (χ0v) is 12.5. The van der Waals surface area contributed by atoms with E-state index in [0.717, 1.165) is 17.9 Å². The predicted molar refractivity (Wildman–Crippen MR) is 78.1 cm³/mol. The molecule has 0 aromatic heterocycles. The van der Waals surface area contributed by atoms with Crippen molar-refractivity contribution in [3.8, 4) is 11.5 Å². The van der Waals surface area contributed by atoms with Crippen molar-refractivity contribution in [1.29, 1.82) is 0 Å². The van der Waals surface area contributed by atoms with Crippen LogP contribution in [0, 0.1) is 0 Å². The average Bonchev–Trinajstić information content (AvgIpc) is 2.39. The molecule has 0 radical (unpaired) electrons. The van der Waals surface area contributed by atoms with Crippen molar-refractivity contribution in [2.75, 3.05) is 25.2 Å². The van der Waals surface area contributed by atoms with Crippen LogP contribution in [0.4, 0.5) is 0 Å². The van der Waals surface area contributed by atoms with Gasteiger partial charge in [-0.15, -0.1) is 0 Å². The Hall–Kier alpha value is -1.07. The van der Waals surface area contributed by atoms with Gasteiger partial charge in [-0.25, -0.2) is 4.79 Å². The number of halogens is 1. The molecule has 0 bridgehead atoms. The van der Waals surface area contributed by atoms with Gasteiger partial charge in [0.05, 0.1) is 24.3 Å². The molecule has 0 aliphatic carbocycles. The Morgan fingerprint density at radius 2 is 2.21 bits per heavy atom. The fraction of sp³-hybridized carbons (Fsp3) is 0.462. The quantitative estimate of drug-likeness (QED) is 0.744. The van der Waals surface area contributed by atoms with Crippen LogP contribution < -0.4 is 9.47 Å².